The minimum absolute atomic E-state index is 0.0849. The van der Waals surface area contributed by atoms with Crippen molar-refractivity contribution in [3.8, 4) is 0 Å². The first-order chi connectivity index (χ1) is 13.6. The van der Waals surface area contributed by atoms with Gasteiger partial charge in [-0.1, -0.05) is 29.5 Å². The summed E-state index contributed by atoms with van der Waals surface area (Å²) in [7, 11) is 0. The third-order valence-electron chi connectivity index (χ3n) is 4.19. The van der Waals surface area contributed by atoms with Gasteiger partial charge >= 0.3 is 5.91 Å². The van der Waals surface area contributed by atoms with E-state index in [1.165, 1.54) is 10.6 Å². The number of ether oxygens (including phenoxy) is 1. The molecular formula is C20H16F2N2O3S. The van der Waals surface area contributed by atoms with Crippen LogP contribution in [0.1, 0.15) is 17.5 Å². The maximum atomic E-state index is 14.4. The molecule has 4 aromatic rings. The Kier molecular flexibility index (Phi) is 5.06. The summed E-state index contributed by atoms with van der Waals surface area (Å²) in [4.78, 5) is 17.0. The molecule has 0 aliphatic carbocycles. The fourth-order valence-electron chi connectivity index (χ4n) is 2.95. The van der Waals surface area contributed by atoms with Crippen molar-refractivity contribution < 1.29 is 22.7 Å². The molecule has 0 spiro atoms. The molecule has 144 valence electrons. The molecule has 2 heterocycles. The summed E-state index contributed by atoms with van der Waals surface area (Å²) < 4.78 is 40.8. The second kappa shape index (κ2) is 7.65. The highest BCUT2D eigenvalue weighted by atomic mass is 32.1. The van der Waals surface area contributed by atoms with E-state index in [0.29, 0.717) is 23.5 Å². The number of thiazole rings is 1. The highest BCUT2D eigenvalue weighted by Gasteiger charge is 2.16. The number of fused-ring (bicyclic) bond motifs is 2. The zero-order valence-electron chi connectivity index (χ0n) is 14.9. The van der Waals surface area contributed by atoms with Gasteiger partial charge in [-0.25, -0.2) is 8.78 Å². The van der Waals surface area contributed by atoms with Crippen LogP contribution in [0.3, 0.4) is 0 Å². The average Bonchev–Trinajstić information content (AvgIpc) is 3.23. The number of furan rings is 1. The number of hydrogen-bond acceptors (Lipinski definition) is 4. The number of rotatable bonds is 5. The lowest BCUT2D eigenvalue weighted by Gasteiger charge is -2.06. The lowest BCUT2D eigenvalue weighted by Crippen LogP contribution is -2.20. The molecule has 0 unspecified atom stereocenters. The first kappa shape index (κ1) is 18.5. The first-order valence-electron chi connectivity index (χ1n) is 8.70. The zero-order chi connectivity index (χ0) is 19.7. The van der Waals surface area contributed by atoms with Crippen molar-refractivity contribution >= 4 is 38.4 Å². The third-order valence-corrected chi connectivity index (χ3v) is 5.22. The smallest absolute Gasteiger partial charge is 0.315 e. The SMILES string of the molecule is CCOCCn1c(=NC(=O)c2cc3ccccc3o2)sc2cc(F)cc(F)c21. The minimum atomic E-state index is -0.708. The van der Waals surface area contributed by atoms with E-state index in [9.17, 15) is 13.6 Å². The number of para-hydroxylation sites is 1. The molecule has 2 aromatic carbocycles. The normalized spacial score (nSPS) is 12.3. The number of halogens is 2. The Balaban J connectivity index is 1.82. The van der Waals surface area contributed by atoms with Crippen LogP contribution in [0, 0.1) is 11.6 Å². The molecule has 2 aromatic heterocycles. The molecule has 0 bridgehead atoms. The number of benzene rings is 2. The molecular weight excluding hydrogens is 386 g/mol. The number of aromatic nitrogens is 1. The molecule has 0 radical (unpaired) electrons. The van der Waals surface area contributed by atoms with Crippen LogP contribution in [0.25, 0.3) is 21.2 Å². The molecule has 4 rings (SSSR count). The molecule has 8 heteroatoms. The number of amides is 1. The lowest BCUT2D eigenvalue weighted by molar-refractivity contribution is 0.0972. The average molecular weight is 402 g/mol. The van der Waals surface area contributed by atoms with E-state index in [1.807, 2.05) is 25.1 Å². The van der Waals surface area contributed by atoms with Gasteiger partial charge in [0.25, 0.3) is 0 Å². The van der Waals surface area contributed by atoms with Crippen LogP contribution in [0.5, 0.6) is 0 Å². The van der Waals surface area contributed by atoms with Gasteiger partial charge in [-0.05, 0) is 25.1 Å². The van der Waals surface area contributed by atoms with Gasteiger partial charge in [0, 0.05) is 24.6 Å². The van der Waals surface area contributed by atoms with Gasteiger partial charge in [-0.3, -0.25) is 4.79 Å². The first-order valence-corrected chi connectivity index (χ1v) is 9.52. The van der Waals surface area contributed by atoms with Gasteiger partial charge in [0.05, 0.1) is 16.8 Å². The second-order valence-corrected chi connectivity index (χ2v) is 7.04. The molecule has 1 amide bonds. The van der Waals surface area contributed by atoms with Crippen LogP contribution in [-0.2, 0) is 11.3 Å². The van der Waals surface area contributed by atoms with Gasteiger partial charge < -0.3 is 13.7 Å². The molecule has 0 fully saturated rings. The predicted octanol–water partition coefficient (Wildman–Crippen LogP) is 4.50. The molecule has 0 N–H and O–H groups in total. The Morgan fingerprint density at radius 1 is 1.25 bits per heavy atom. The Labute approximate surface area is 162 Å². The molecule has 5 nitrogen and oxygen atoms in total. The molecule has 0 saturated carbocycles. The van der Waals surface area contributed by atoms with Crippen LogP contribution in [0.15, 0.2) is 51.9 Å². The van der Waals surface area contributed by atoms with Crippen molar-refractivity contribution in [1.82, 2.24) is 4.57 Å². The quantitative estimate of drug-likeness (QED) is 0.462. The Hall–Kier alpha value is -2.84. The molecule has 0 atom stereocenters. The molecule has 0 aliphatic rings. The van der Waals surface area contributed by atoms with Crippen molar-refractivity contribution in [2.24, 2.45) is 4.99 Å². The monoisotopic (exact) mass is 402 g/mol. The Bertz CT molecular complexity index is 1210. The summed E-state index contributed by atoms with van der Waals surface area (Å²) in [6.07, 6.45) is 0. The van der Waals surface area contributed by atoms with Gasteiger partial charge in [0.2, 0.25) is 0 Å². The number of carbonyl (C=O) groups is 1. The number of hydrogen-bond donors (Lipinski definition) is 0. The lowest BCUT2D eigenvalue weighted by atomic mass is 10.2. The topological polar surface area (TPSA) is 56.7 Å². The molecule has 0 aliphatic heterocycles. The third kappa shape index (κ3) is 3.48. The van der Waals surface area contributed by atoms with Crippen molar-refractivity contribution in [2.45, 2.75) is 13.5 Å². The van der Waals surface area contributed by atoms with Gasteiger partial charge in [0.15, 0.2) is 16.4 Å². The van der Waals surface area contributed by atoms with Crippen LogP contribution >= 0.6 is 11.3 Å². The summed E-state index contributed by atoms with van der Waals surface area (Å²) in [5, 5.41) is 0.787. The van der Waals surface area contributed by atoms with E-state index < -0.39 is 17.5 Å². The van der Waals surface area contributed by atoms with Gasteiger partial charge in [-0.15, -0.1) is 0 Å². The number of carbonyl (C=O) groups excluding carboxylic acids is 1. The fraction of sp³-hybridized carbons (Fsp3) is 0.200. The van der Waals surface area contributed by atoms with E-state index in [1.54, 1.807) is 12.1 Å². The van der Waals surface area contributed by atoms with E-state index in [-0.39, 0.29) is 22.6 Å². The van der Waals surface area contributed by atoms with E-state index in [4.69, 9.17) is 9.15 Å². The highest BCUT2D eigenvalue weighted by Crippen LogP contribution is 2.23. The maximum Gasteiger partial charge on any atom is 0.315 e. The van der Waals surface area contributed by atoms with Crippen molar-refractivity contribution in [3.05, 3.63) is 64.7 Å². The van der Waals surface area contributed by atoms with Crippen LogP contribution in [0.2, 0.25) is 0 Å². The van der Waals surface area contributed by atoms with Crippen molar-refractivity contribution in [1.29, 1.82) is 0 Å². The van der Waals surface area contributed by atoms with Crippen LogP contribution in [0.4, 0.5) is 8.78 Å². The summed E-state index contributed by atoms with van der Waals surface area (Å²) in [6.45, 7) is 2.95. The van der Waals surface area contributed by atoms with Crippen LogP contribution in [-0.4, -0.2) is 23.7 Å². The largest absolute Gasteiger partial charge is 0.451 e. The van der Waals surface area contributed by atoms with Gasteiger partial charge in [-0.2, -0.15) is 4.99 Å². The highest BCUT2D eigenvalue weighted by molar-refractivity contribution is 7.16. The Morgan fingerprint density at radius 3 is 2.86 bits per heavy atom. The maximum absolute atomic E-state index is 14.4. The summed E-state index contributed by atoms with van der Waals surface area (Å²) in [5.41, 5.74) is 0.775. The van der Waals surface area contributed by atoms with Gasteiger partial charge in [0.1, 0.15) is 11.4 Å². The minimum Gasteiger partial charge on any atom is -0.451 e. The summed E-state index contributed by atoms with van der Waals surface area (Å²) in [6, 6.07) is 10.9. The fourth-order valence-corrected chi connectivity index (χ4v) is 4.05. The zero-order valence-corrected chi connectivity index (χ0v) is 15.8. The predicted molar refractivity (Wildman–Crippen MR) is 102 cm³/mol. The van der Waals surface area contributed by atoms with E-state index in [2.05, 4.69) is 4.99 Å². The number of nitrogens with zero attached hydrogens (tertiary/aromatic N) is 2. The summed E-state index contributed by atoms with van der Waals surface area (Å²) >= 11 is 1.04. The standard InChI is InChI=1S/C20H16F2N2O3S/c1-2-26-8-7-24-18-14(22)10-13(21)11-17(18)28-20(24)23-19(25)16-9-12-5-3-4-6-15(12)27-16/h3-6,9-11H,2,7-8H2,1H3. The Morgan fingerprint density at radius 2 is 2.07 bits per heavy atom. The summed E-state index contributed by atoms with van der Waals surface area (Å²) in [5.74, 6) is -1.89. The van der Waals surface area contributed by atoms with E-state index in [0.717, 1.165) is 22.8 Å². The van der Waals surface area contributed by atoms with Crippen molar-refractivity contribution in [3.63, 3.8) is 0 Å². The van der Waals surface area contributed by atoms with Crippen molar-refractivity contribution in [2.75, 3.05) is 13.2 Å². The van der Waals surface area contributed by atoms with E-state index >= 15 is 0 Å². The molecule has 0 saturated heterocycles. The molecule has 28 heavy (non-hydrogen) atoms. The van der Waals surface area contributed by atoms with Crippen LogP contribution < -0.4 is 4.80 Å². The second-order valence-electron chi connectivity index (χ2n) is 6.03.